The Balaban J connectivity index is 0.00000109. The summed E-state index contributed by atoms with van der Waals surface area (Å²) in [4.78, 5) is 0. The molecular weight excluding hydrogens is 554 g/mol. The molecule has 5 aromatic carbocycles. The average Bonchev–Trinajstić information content (AvgIpc) is 3.10. The van der Waals surface area contributed by atoms with Crippen molar-refractivity contribution in [1.82, 2.24) is 0 Å². The summed E-state index contributed by atoms with van der Waals surface area (Å²) in [6, 6.07) is 31.6. The van der Waals surface area contributed by atoms with E-state index in [0.29, 0.717) is 11.4 Å². The van der Waals surface area contributed by atoms with Gasteiger partial charge in [0.1, 0.15) is 5.69 Å². The monoisotopic (exact) mass is 609 g/mol. The number of fused-ring (bicyclic) bond motifs is 2. The standard InChI is InChI=1S/C24H23N5O.C6H6.C3H8.3C2H6/c1-4-26-17-10-9-16-13-15(2)23(24(30)20(16)14-17)29-28-22-12-11-21(27-25-3)18-7-5-6-8-19(18)22;1-2-4-6-5-3-1;1-3-2;3*1-2/h5-14,26,30H,4H2,1-3H3;1-6H;3H2,1-2H3;3*1-2H3. The summed E-state index contributed by atoms with van der Waals surface area (Å²) in [6.45, 7) is 21.0. The molecule has 5 rings (SSSR count). The van der Waals surface area contributed by atoms with Crippen molar-refractivity contribution in [2.45, 2.75) is 75.7 Å². The molecule has 0 aliphatic heterocycles. The predicted molar refractivity (Wildman–Crippen MR) is 200 cm³/mol. The van der Waals surface area contributed by atoms with E-state index < -0.39 is 0 Å². The van der Waals surface area contributed by atoms with Crippen LogP contribution in [0.2, 0.25) is 0 Å². The second kappa shape index (κ2) is 24.8. The number of hydrogen-bond donors (Lipinski definition) is 2. The van der Waals surface area contributed by atoms with Gasteiger partial charge in [0.15, 0.2) is 5.75 Å². The van der Waals surface area contributed by atoms with Gasteiger partial charge in [-0.05, 0) is 55.1 Å². The first kappa shape index (κ1) is 40.4. The van der Waals surface area contributed by atoms with Gasteiger partial charge in [-0.3, -0.25) is 0 Å². The van der Waals surface area contributed by atoms with Crippen molar-refractivity contribution in [2.24, 2.45) is 20.5 Å². The summed E-state index contributed by atoms with van der Waals surface area (Å²) < 4.78 is 0. The summed E-state index contributed by atoms with van der Waals surface area (Å²) in [7, 11) is 1.65. The number of rotatable bonds is 5. The lowest BCUT2D eigenvalue weighted by Crippen LogP contribution is -1.95. The molecule has 0 atom stereocenters. The summed E-state index contributed by atoms with van der Waals surface area (Å²) in [5.74, 6) is 0.134. The molecule has 2 N–H and O–H groups in total. The Hall–Kier alpha value is -4.58. The number of hydrogen-bond acceptors (Lipinski definition) is 6. The molecule has 0 spiro atoms. The first-order valence-corrected chi connectivity index (χ1v) is 16.3. The molecule has 5 aromatic rings. The van der Waals surface area contributed by atoms with Gasteiger partial charge in [0, 0.05) is 35.4 Å². The number of nitrogens with one attached hydrogen (secondary N) is 1. The highest BCUT2D eigenvalue weighted by atomic mass is 16.3. The highest BCUT2D eigenvalue weighted by Gasteiger charge is 2.12. The molecule has 0 radical (unpaired) electrons. The van der Waals surface area contributed by atoms with E-state index in [1.54, 1.807) is 7.05 Å². The van der Waals surface area contributed by atoms with Crippen molar-refractivity contribution in [3.8, 4) is 5.75 Å². The SMILES string of the molecule is CC.CC.CC.CCC.CCNc1ccc2cc(C)c(N=Nc3ccc(N=NC)c4ccccc34)c(O)c2c1.c1ccccc1. The molecule has 0 heterocycles. The minimum Gasteiger partial charge on any atom is -0.505 e. The fourth-order valence-corrected chi connectivity index (χ4v) is 3.98. The second-order valence-electron chi connectivity index (χ2n) is 8.87. The maximum Gasteiger partial charge on any atom is 0.151 e. The van der Waals surface area contributed by atoms with Gasteiger partial charge in [-0.1, -0.05) is 129 Å². The minimum atomic E-state index is 0.134. The molecule has 0 fully saturated rings. The molecule has 0 saturated carbocycles. The molecule has 0 bridgehead atoms. The zero-order chi connectivity index (χ0) is 34.0. The van der Waals surface area contributed by atoms with Crippen LogP contribution in [0, 0.1) is 6.92 Å². The molecule has 45 heavy (non-hydrogen) atoms. The van der Waals surface area contributed by atoms with Crippen LogP contribution >= 0.6 is 0 Å². The Morgan fingerprint density at radius 1 is 0.600 bits per heavy atom. The molecule has 242 valence electrons. The molecule has 0 amide bonds. The minimum absolute atomic E-state index is 0.134. The number of anilines is 1. The third-order valence-corrected chi connectivity index (χ3v) is 5.67. The molecule has 0 aliphatic rings. The molecule has 0 unspecified atom stereocenters. The number of benzene rings is 5. The third kappa shape index (κ3) is 12.9. The Morgan fingerprint density at radius 3 is 1.56 bits per heavy atom. The van der Waals surface area contributed by atoms with Crippen LogP contribution < -0.4 is 5.32 Å². The highest BCUT2D eigenvalue weighted by molar-refractivity contribution is 6.00. The normalized spacial score (nSPS) is 9.76. The van der Waals surface area contributed by atoms with E-state index in [1.165, 1.54) is 6.42 Å². The molecule has 6 nitrogen and oxygen atoms in total. The summed E-state index contributed by atoms with van der Waals surface area (Å²) >= 11 is 0. The van der Waals surface area contributed by atoms with Gasteiger partial charge < -0.3 is 10.4 Å². The van der Waals surface area contributed by atoms with Crippen LogP contribution in [-0.4, -0.2) is 18.7 Å². The molecular formula is C39H55N5O. The van der Waals surface area contributed by atoms with E-state index in [2.05, 4.69) is 39.6 Å². The van der Waals surface area contributed by atoms with Crippen molar-refractivity contribution in [3.05, 3.63) is 103 Å². The van der Waals surface area contributed by atoms with Gasteiger partial charge in [0.25, 0.3) is 0 Å². The third-order valence-electron chi connectivity index (χ3n) is 5.67. The number of nitrogens with zero attached hydrogens (tertiary/aromatic N) is 4. The van der Waals surface area contributed by atoms with Crippen LogP contribution in [0.4, 0.5) is 22.7 Å². The Labute approximate surface area is 272 Å². The maximum atomic E-state index is 10.9. The molecule has 0 saturated heterocycles. The number of azo groups is 2. The van der Waals surface area contributed by atoms with Crippen LogP contribution in [0.15, 0.2) is 118 Å². The quantitative estimate of drug-likeness (QED) is 0.194. The van der Waals surface area contributed by atoms with Gasteiger partial charge in [-0.25, -0.2) is 0 Å². The summed E-state index contributed by atoms with van der Waals surface area (Å²) in [5, 5.41) is 34.8. The summed E-state index contributed by atoms with van der Waals surface area (Å²) in [6.07, 6.45) is 1.25. The van der Waals surface area contributed by atoms with Crippen molar-refractivity contribution in [2.75, 3.05) is 18.9 Å². The first-order chi connectivity index (χ1) is 22.0. The maximum absolute atomic E-state index is 10.9. The lowest BCUT2D eigenvalue weighted by atomic mass is 10.0. The van der Waals surface area contributed by atoms with E-state index in [-0.39, 0.29) is 5.75 Å². The lowest BCUT2D eigenvalue weighted by molar-refractivity contribution is 0.482. The Bertz CT molecular complexity index is 1520. The van der Waals surface area contributed by atoms with Crippen LogP contribution in [0.25, 0.3) is 21.5 Å². The van der Waals surface area contributed by atoms with E-state index in [9.17, 15) is 5.11 Å². The fourth-order valence-electron chi connectivity index (χ4n) is 3.98. The average molecular weight is 610 g/mol. The first-order valence-electron chi connectivity index (χ1n) is 16.3. The number of phenolic OH excluding ortho intramolecular Hbond substituents is 1. The van der Waals surface area contributed by atoms with E-state index >= 15 is 0 Å². The Morgan fingerprint density at radius 2 is 1.09 bits per heavy atom. The van der Waals surface area contributed by atoms with Crippen LogP contribution in [-0.2, 0) is 0 Å². The zero-order valence-electron chi connectivity index (χ0n) is 29.4. The van der Waals surface area contributed by atoms with Crippen LogP contribution in [0.1, 0.15) is 74.3 Å². The highest BCUT2D eigenvalue weighted by Crippen LogP contribution is 2.41. The van der Waals surface area contributed by atoms with Gasteiger partial charge in [-0.15, -0.1) is 10.2 Å². The smallest absolute Gasteiger partial charge is 0.151 e. The van der Waals surface area contributed by atoms with E-state index in [0.717, 1.165) is 45.0 Å². The lowest BCUT2D eigenvalue weighted by Gasteiger charge is -2.10. The van der Waals surface area contributed by atoms with Crippen molar-refractivity contribution in [3.63, 3.8) is 0 Å². The van der Waals surface area contributed by atoms with E-state index in [1.807, 2.05) is 152 Å². The van der Waals surface area contributed by atoms with Crippen molar-refractivity contribution >= 4 is 44.3 Å². The Kier molecular flexibility index (Phi) is 22.3. The molecule has 0 aromatic heterocycles. The van der Waals surface area contributed by atoms with Gasteiger partial charge in [0.2, 0.25) is 0 Å². The van der Waals surface area contributed by atoms with Crippen LogP contribution in [0.5, 0.6) is 5.75 Å². The van der Waals surface area contributed by atoms with Gasteiger partial charge >= 0.3 is 0 Å². The number of phenols is 1. The van der Waals surface area contributed by atoms with Gasteiger partial charge in [-0.2, -0.15) is 10.2 Å². The topological polar surface area (TPSA) is 81.7 Å². The van der Waals surface area contributed by atoms with Crippen LogP contribution in [0.3, 0.4) is 0 Å². The van der Waals surface area contributed by atoms with E-state index in [4.69, 9.17) is 0 Å². The predicted octanol–water partition coefficient (Wildman–Crippen LogP) is 13.7. The van der Waals surface area contributed by atoms with Crippen molar-refractivity contribution in [1.29, 1.82) is 0 Å². The number of aromatic hydroxyl groups is 1. The fraction of sp³-hybridized carbons (Fsp3) is 0.333. The second-order valence-corrected chi connectivity index (χ2v) is 8.87. The summed E-state index contributed by atoms with van der Waals surface area (Å²) in [5.41, 5.74) is 3.78. The number of aryl methyl sites for hydroxylation is 1. The largest absolute Gasteiger partial charge is 0.505 e. The molecule has 0 aliphatic carbocycles. The van der Waals surface area contributed by atoms with Crippen molar-refractivity contribution < 1.29 is 5.11 Å². The molecule has 6 heteroatoms. The zero-order valence-corrected chi connectivity index (χ0v) is 29.4. The van der Waals surface area contributed by atoms with Gasteiger partial charge in [0.05, 0.1) is 11.4 Å².